The number of hydrogen-bond donors (Lipinski definition) is 2. The standard InChI is InChI=1S/C23H16Cl2N2O3/c24-14-10-9-13(17(25)12-14)11-20(23(29)30)27-22(28)21-15-5-1-3-7-18(15)26-19-8-4-2-6-16(19)21/h1-10,12,20H,11H2,(H,27,28)(H,29,30)/t20-/m1/s1. The van der Waals surface area contributed by atoms with Gasteiger partial charge in [0.05, 0.1) is 16.6 Å². The highest BCUT2D eigenvalue weighted by molar-refractivity contribution is 6.35. The fraction of sp³-hybridized carbons (Fsp3) is 0.0870. The molecule has 0 radical (unpaired) electrons. The average molecular weight is 439 g/mol. The zero-order valence-electron chi connectivity index (χ0n) is 15.6. The summed E-state index contributed by atoms with van der Waals surface area (Å²) in [5.41, 5.74) is 2.30. The summed E-state index contributed by atoms with van der Waals surface area (Å²) in [5, 5.41) is 14.5. The molecule has 0 saturated carbocycles. The number of nitrogens with one attached hydrogen (secondary N) is 1. The fourth-order valence-electron chi connectivity index (χ4n) is 3.42. The Labute approximate surface area is 182 Å². The number of carbonyl (C=O) groups is 2. The first kappa shape index (κ1) is 20.1. The van der Waals surface area contributed by atoms with Gasteiger partial charge in [-0.15, -0.1) is 0 Å². The lowest BCUT2D eigenvalue weighted by Crippen LogP contribution is -2.42. The zero-order chi connectivity index (χ0) is 21.3. The second kappa shape index (κ2) is 8.30. The highest BCUT2D eigenvalue weighted by Crippen LogP contribution is 2.26. The molecular formula is C23H16Cl2N2O3. The molecule has 0 aliphatic heterocycles. The molecule has 7 heteroatoms. The molecule has 4 rings (SSSR count). The lowest BCUT2D eigenvalue weighted by Gasteiger charge is -2.17. The highest BCUT2D eigenvalue weighted by atomic mass is 35.5. The van der Waals surface area contributed by atoms with Crippen LogP contribution in [0.1, 0.15) is 15.9 Å². The maximum absolute atomic E-state index is 13.3. The molecule has 30 heavy (non-hydrogen) atoms. The third kappa shape index (κ3) is 3.95. The number of amides is 1. The van der Waals surface area contributed by atoms with Crippen molar-refractivity contribution < 1.29 is 14.7 Å². The molecule has 1 heterocycles. The van der Waals surface area contributed by atoms with Gasteiger partial charge in [-0.05, 0) is 29.8 Å². The molecule has 2 N–H and O–H groups in total. The van der Waals surface area contributed by atoms with Gasteiger partial charge in [0.2, 0.25) is 0 Å². The number of carbonyl (C=O) groups excluding carboxylic acids is 1. The number of nitrogens with zero attached hydrogens (tertiary/aromatic N) is 1. The minimum absolute atomic E-state index is 0.0258. The van der Waals surface area contributed by atoms with Gasteiger partial charge in [0, 0.05) is 27.2 Å². The van der Waals surface area contributed by atoms with Crippen LogP contribution in [-0.2, 0) is 11.2 Å². The van der Waals surface area contributed by atoms with Gasteiger partial charge in [-0.25, -0.2) is 9.78 Å². The number of rotatable bonds is 5. The third-order valence-corrected chi connectivity index (χ3v) is 5.44. The molecule has 1 amide bonds. The minimum Gasteiger partial charge on any atom is -0.480 e. The molecule has 0 spiro atoms. The van der Waals surface area contributed by atoms with Gasteiger partial charge in [0.15, 0.2) is 0 Å². The van der Waals surface area contributed by atoms with E-state index in [1.807, 2.05) is 36.4 Å². The Hall–Kier alpha value is -3.15. The van der Waals surface area contributed by atoms with Crippen LogP contribution in [0.5, 0.6) is 0 Å². The summed E-state index contributed by atoms with van der Waals surface area (Å²) >= 11 is 12.1. The molecule has 0 aliphatic rings. The largest absolute Gasteiger partial charge is 0.480 e. The van der Waals surface area contributed by atoms with Gasteiger partial charge in [0.1, 0.15) is 6.04 Å². The van der Waals surface area contributed by atoms with Crippen molar-refractivity contribution >= 4 is 56.9 Å². The Morgan fingerprint density at radius 1 is 0.933 bits per heavy atom. The van der Waals surface area contributed by atoms with Crippen LogP contribution >= 0.6 is 23.2 Å². The number of aliphatic carboxylic acids is 1. The van der Waals surface area contributed by atoms with Crippen LogP contribution in [0.4, 0.5) is 0 Å². The highest BCUT2D eigenvalue weighted by Gasteiger charge is 2.24. The molecule has 4 aromatic rings. The predicted octanol–water partition coefficient (Wildman–Crippen LogP) is 5.12. The number of fused-ring (bicyclic) bond motifs is 2. The summed E-state index contributed by atoms with van der Waals surface area (Å²) in [7, 11) is 0. The van der Waals surface area contributed by atoms with Crippen LogP contribution in [-0.4, -0.2) is 28.0 Å². The number of aromatic nitrogens is 1. The molecule has 0 saturated heterocycles. The number of hydrogen-bond acceptors (Lipinski definition) is 3. The molecule has 0 aliphatic carbocycles. The maximum Gasteiger partial charge on any atom is 0.326 e. The molecule has 3 aromatic carbocycles. The number of carboxylic acid groups (broad SMARTS) is 1. The minimum atomic E-state index is -1.16. The van der Waals surface area contributed by atoms with E-state index in [1.54, 1.807) is 30.3 Å². The first-order valence-electron chi connectivity index (χ1n) is 9.19. The van der Waals surface area contributed by atoms with Crippen molar-refractivity contribution in [3.05, 3.63) is 87.9 Å². The van der Waals surface area contributed by atoms with Gasteiger partial charge in [-0.1, -0.05) is 65.7 Å². The smallest absolute Gasteiger partial charge is 0.326 e. The molecule has 0 fully saturated rings. The van der Waals surface area contributed by atoms with E-state index < -0.39 is 17.9 Å². The predicted molar refractivity (Wildman–Crippen MR) is 118 cm³/mol. The van der Waals surface area contributed by atoms with Crippen molar-refractivity contribution in [2.24, 2.45) is 0 Å². The Morgan fingerprint density at radius 2 is 1.53 bits per heavy atom. The Balaban J connectivity index is 1.74. The number of benzene rings is 3. The maximum atomic E-state index is 13.3. The van der Waals surface area contributed by atoms with Crippen LogP contribution in [0.25, 0.3) is 21.8 Å². The van der Waals surface area contributed by atoms with Crippen LogP contribution in [0.2, 0.25) is 10.0 Å². The van der Waals surface area contributed by atoms with Gasteiger partial charge in [-0.2, -0.15) is 0 Å². The quantitative estimate of drug-likeness (QED) is 0.423. The number of para-hydroxylation sites is 2. The molecule has 1 aromatic heterocycles. The van der Waals surface area contributed by atoms with Crippen molar-refractivity contribution in [2.75, 3.05) is 0 Å². The molecule has 150 valence electrons. The summed E-state index contributed by atoms with van der Waals surface area (Å²) < 4.78 is 0. The van der Waals surface area contributed by atoms with Gasteiger partial charge in [0.25, 0.3) is 5.91 Å². The third-order valence-electron chi connectivity index (χ3n) is 4.86. The fourth-order valence-corrected chi connectivity index (χ4v) is 3.91. The molecule has 0 unspecified atom stereocenters. The summed E-state index contributed by atoms with van der Waals surface area (Å²) in [6.45, 7) is 0. The molecule has 0 bridgehead atoms. The van der Waals surface area contributed by atoms with E-state index in [0.29, 0.717) is 43.0 Å². The zero-order valence-corrected chi connectivity index (χ0v) is 17.1. The number of halogens is 2. The molecule has 1 atom stereocenters. The van der Waals surface area contributed by atoms with E-state index in [1.165, 1.54) is 0 Å². The van der Waals surface area contributed by atoms with Gasteiger partial charge < -0.3 is 10.4 Å². The Bertz CT molecular complexity index is 1240. The summed E-state index contributed by atoms with van der Waals surface area (Å²) in [4.78, 5) is 29.7. The summed E-state index contributed by atoms with van der Waals surface area (Å²) in [6, 6.07) is 18.2. The lowest BCUT2D eigenvalue weighted by molar-refractivity contribution is -0.139. The van der Waals surface area contributed by atoms with Crippen LogP contribution in [0.3, 0.4) is 0 Å². The average Bonchev–Trinajstić information content (AvgIpc) is 2.73. The molecular weight excluding hydrogens is 423 g/mol. The van der Waals surface area contributed by atoms with Crippen molar-refractivity contribution in [3.8, 4) is 0 Å². The number of pyridine rings is 1. The van der Waals surface area contributed by atoms with E-state index in [4.69, 9.17) is 23.2 Å². The van der Waals surface area contributed by atoms with Gasteiger partial charge in [-0.3, -0.25) is 4.79 Å². The second-order valence-electron chi connectivity index (χ2n) is 6.83. The number of carboxylic acids is 1. The molecule has 5 nitrogen and oxygen atoms in total. The Morgan fingerprint density at radius 3 is 2.10 bits per heavy atom. The van der Waals surface area contributed by atoms with Crippen LogP contribution < -0.4 is 5.32 Å². The van der Waals surface area contributed by atoms with E-state index in [2.05, 4.69) is 10.3 Å². The normalized spacial score (nSPS) is 12.1. The summed E-state index contributed by atoms with van der Waals surface area (Å²) in [5.74, 6) is -1.64. The van der Waals surface area contributed by atoms with Crippen molar-refractivity contribution in [3.63, 3.8) is 0 Å². The van der Waals surface area contributed by atoms with E-state index in [9.17, 15) is 14.7 Å². The second-order valence-corrected chi connectivity index (χ2v) is 7.67. The van der Waals surface area contributed by atoms with Gasteiger partial charge >= 0.3 is 5.97 Å². The lowest BCUT2D eigenvalue weighted by atomic mass is 10.0. The topological polar surface area (TPSA) is 79.3 Å². The van der Waals surface area contributed by atoms with Crippen LogP contribution in [0, 0.1) is 0 Å². The summed E-state index contributed by atoms with van der Waals surface area (Å²) in [6.07, 6.45) is 0.0258. The first-order chi connectivity index (χ1) is 14.4. The van der Waals surface area contributed by atoms with E-state index >= 15 is 0 Å². The van der Waals surface area contributed by atoms with E-state index in [-0.39, 0.29) is 6.42 Å². The van der Waals surface area contributed by atoms with Crippen molar-refractivity contribution in [1.82, 2.24) is 10.3 Å². The van der Waals surface area contributed by atoms with Crippen LogP contribution in [0.15, 0.2) is 66.7 Å². The monoisotopic (exact) mass is 438 g/mol. The first-order valence-corrected chi connectivity index (χ1v) is 9.94. The Kier molecular flexibility index (Phi) is 5.57. The van der Waals surface area contributed by atoms with Crippen molar-refractivity contribution in [2.45, 2.75) is 12.5 Å². The van der Waals surface area contributed by atoms with Crippen molar-refractivity contribution in [1.29, 1.82) is 0 Å². The SMILES string of the molecule is O=C(N[C@H](Cc1ccc(Cl)cc1Cl)C(=O)O)c1c2ccccc2nc2ccccc12. The van der Waals surface area contributed by atoms with E-state index in [0.717, 1.165) is 0 Å².